The van der Waals surface area contributed by atoms with Crippen molar-refractivity contribution in [3.63, 3.8) is 0 Å². The summed E-state index contributed by atoms with van der Waals surface area (Å²) in [5.74, 6) is 0.727. The van der Waals surface area contributed by atoms with Crippen LogP contribution in [0.1, 0.15) is 19.5 Å². The first-order valence-electron chi connectivity index (χ1n) is 4.04. The zero-order valence-corrected chi connectivity index (χ0v) is 7.29. The molecule has 64 valence electrons. The fraction of sp³-hybridized carbons (Fsp3) is 0.444. The number of ether oxygens (including phenoxy) is 1. The maximum absolute atomic E-state index is 5.43. The second-order valence-corrected chi connectivity index (χ2v) is 3.60. The summed E-state index contributed by atoms with van der Waals surface area (Å²) in [5.41, 5.74) is 0.890. The molecule has 0 amide bonds. The van der Waals surface area contributed by atoms with Crippen LogP contribution in [0.5, 0.6) is 0 Å². The number of rotatable bonds is 1. The zero-order valence-electron chi connectivity index (χ0n) is 7.29. The van der Waals surface area contributed by atoms with Gasteiger partial charge in [0.2, 0.25) is 5.90 Å². The lowest BCUT2D eigenvalue weighted by atomic mass is 10.1. The third-order valence-electron chi connectivity index (χ3n) is 1.79. The summed E-state index contributed by atoms with van der Waals surface area (Å²) in [7, 11) is 0. The van der Waals surface area contributed by atoms with E-state index in [0.29, 0.717) is 6.61 Å². The van der Waals surface area contributed by atoms with Crippen molar-refractivity contribution in [2.24, 2.45) is 4.99 Å². The Morgan fingerprint density at radius 3 is 2.92 bits per heavy atom. The van der Waals surface area contributed by atoms with Crippen LogP contribution in [0.2, 0.25) is 0 Å². The van der Waals surface area contributed by atoms with Crippen molar-refractivity contribution in [2.75, 3.05) is 6.61 Å². The Kier molecular flexibility index (Phi) is 1.46. The standard InChI is InChI=1S/C9H12N2O/c1-9(2)6-12-8(11-9)7-4-3-5-10-7/h3-5,10H,6H2,1-2H3. The topological polar surface area (TPSA) is 37.4 Å². The van der Waals surface area contributed by atoms with Crippen LogP contribution in [0, 0.1) is 0 Å². The Balaban J connectivity index is 2.28. The predicted octanol–water partition coefficient (Wildman–Crippen LogP) is 1.57. The van der Waals surface area contributed by atoms with E-state index >= 15 is 0 Å². The lowest BCUT2D eigenvalue weighted by Crippen LogP contribution is -2.17. The second kappa shape index (κ2) is 2.37. The first-order valence-corrected chi connectivity index (χ1v) is 4.04. The Morgan fingerprint density at radius 1 is 1.58 bits per heavy atom. The molecular weight excluding hydrogens is 152 g/mol. The first-order chi connectivity index (χ1) is 5.67. The number of hydrogen-bond acceptors (Lipinski definition) is 2. The number of aliphatic imine (C=N–C) groups is 1. The fourth-order valence-electron chi connectivity index (χ4n) is 1.19. The van der Waals surface area contributed by atoms with Crippen molar-refractivity contribution in [2.45, 2.75) is 19.4 Å². The number of nitrogens with zero attached hydrogens (tertiary/aromatic N) is 1. The van der Waals surface area contributed by atoms with Gasteiger partial charge in [-0.05, 0) is 26.0 Å². The summed E-state index contributed by atoms with van der Waals surface area (Å²) in [5, 5.41) is 0. The van der Waals surface area contributed by atoms with E-state index in [0.717, 1.165) is 11.6 Å². The predicted molar refractivity (Wildman–Crippen MR) is 47.4 cm³/mol. The molecule has 0 radical (unpaired) electrons. The van der Waals surface area contributed by atoms with Gasteiger partial charge in [0.15, 0.2) is 0 Å². The largest absolute Gasteiger partial charge is 0.474 e. The number of H-pyrrole nitrogens is 1. The second-order valence-electron chi connectivity index (χ2n) is 3.60. The van der Waals surface area contributed by atoms with Crippen molar-refractivity contribution < 1.29 is 4.74 Å². The van der Waals surface area contributed by atoms with Gasteiger partial charge in [0, 0.05) is 6.20 Å². The monoisotopic (exact) mass is 164 g/mol. The van der Waals surface area contributed by atoms with Crippen LogP contribution in [-0.4, -0.2) is 23.0 Å². The third-order valence-corrected chi connectivity index (χ3v) is 1.79. The zero-order chi connectivity index (χ0) is 8.60. The highest BCUT2D eigenvalue weighted by Crippen LogP contribution is 2.19. The molecule has 0 unspecified atom stereocenters. The van der Waals surface area contributed by atoms with E-state index < -0.39 is 0 Å². The Bertz CT molecular complexity index is 298. The van der Waals surface area contributed by atoms with Crippen molar-refractivity contribution in [1.29, 1.82) is 0 Å². The summed E-state index contributed by atoms with van der Waals surface area (Å²) >= 11 is 0. The minimum Gasteiger partial charge on any atom is -0.474 e. The fourth-order valence-corrected chi connectivity index (χ4v) is 1.19. The lowest BCUT2D eigenvalue weighted by Gasteiger charge is -2.07. The molecule has 0 aliphatic carbocycles. The Labute approximate surface area is 71.5 Å². The molecule has 0 atom stereocenters. The molecule has 1 aliphatic rings. The molecular formula is C9H12N2O. The van der Waals surface area contributed by atoms with E-state index in [1.165, 1.54) is 0 Å². The van der Waals surface area contributed by atoms with Gasteiger partial charge in [0.1, 0.15) is 12.3 Å². The van der Waals surface area contributed by atoms with Crippen LogP contribution < -0.4 is 0 Å². The van der Waals surface area contributed by atoms with Gasteiger partial charge in [-0.25, -0.2) is 4.99 Å². The van der Waals surface area contributed by atoms with Crippen LogP contribution in [0.3, 0.4) is 0 Å². The number of aromatic nitrogens is 1. The number of aromatic amines is 1. The van der Waals surface area contributed by atoms with Gasteiger partial charge < -0.3 is 9.72 Å². The van der Waals surface area contributed by atoms with Crippen LogP contribution >= 0.6 is 0 Å². The van der Waals surface area contributed by atoms with E-state index in [1.54, 1.807) is 0 Å². The summed E-state index contributed by atoms with van der Waals surface area (Å²) in [6.07, 6.45) is 1.87. The molecule has 3 nitrogen and oxygen atoms in total. The van der Waals surface area contributed by atoms with Crippen LogP contribution in [-0.2, 0) is 4.74 Å². The van der Waals surface area contributed by atoms with E-state index in [4.69, 9.17) is 4.74 Å². The maximum Gasteiger partial charge on any atom is 0.233 e. The quantitative estimate of drug-likeness (QED) is 0.672. The van der Waals surface area contributed by atoms with Crippen LogP contribution in [0.25, 0.3) is 0 Å². The minimum absolute atomic E-state index is 0.0690. The molecule has 3 heteroatoms. The highest BCUT2D eigenvalue weighted by molar-refractivity contribution is 5.93. The smallest absolute Gasteiger partial charge is 0.233 e. The third kappa shape index (κ3) is 1.22. The van der Waals surface area contributed by atoms with Gasteiger partial charge in [-0.15, -0.1) is 0 Å². The van der Waals surface area contributed by atoms with Gasteiger partial charge in [-0.2, -0.15) is 0 Å². The highest BCUT2D eigenvalue weighted by Gasteiger charge is 2.27. The molecule has 12 heavy (non-hydrogen) atoms. The van der Waals surface area contributed by atoms with Gasteiger partial charge in [0.05, 0.1) is 5.54 Å². The van der Waals surface area contributed by atoms with Gasteiger partial charge in [-0.3, -0.25) is 0 Å². The van der Waals surface area contributed by atoms with E-state index in [9.17, 15) is 0 Å². The van der Waals surface area contributed by atoms with E-state index in [1.807, 2.05) is 18.3 Å². The van der Waals surface area contributed by atoms with Crippen molar-refractivity contribution in [3.05, 3.63) is 24.0 Å². The number of hydrogen-bond donors (Lipinski definition) is 1. The average Bonchev–Trinajstić information content (AvgIpc) is 2.55. The average molecular weight is 164 g/mol. The maximum atomic E-state index is 5.43. The van der Waals surface area contributed by atoms with Crippen molar-refractivity contribution in [1.82, 2.24) is 4.98 Å². The molecule has 2 rings (SSSR count). The van der Waals surface area contributed by atoms with Gasteiger partial charge in [0.25, 0.3) is 0 Å². The SMILES string of the molecule is CC1(C)COC(c2ccc[nH]2)=N1. The molecule has 0 aromatic carbocycles. The Morgan fingerprint density at radius 2 is 2.42 bits per heavy atom. The molecule has 0 saturated heterocycles. The highest BCUT2D eigenvalue weighted by atomic mass is 16.5. The van der Waals surface area contributed by atoms with E-state index in [-0.39, 0.29) is 5.54 Å². The summed E-state index contributed by atoms with van der Waals surface area (Å²) in [6.45, 7) is 4.78. The summed E-state index contributed by atoms with van der Waals surface area (Å²) in [4.78, 5) is 7.49. The molecule has 2 heterocycles. The molecule has 1 aromatic rings. The van der Waals surface area contributed by atoms with Crippen LogP contribution in [0.4, 0.5) is 0 Å². The molecule has 1 N–H and O–H groups in total. The molecule has 0 fully saturated rings. The summed E-state index contributed by atoms with van der Waals surface area (Å²) < 4.78 is 5.43. The van der Waals surface area contributed by atoms with Crippen molar-refractivity contribution in [3.8, 4) is 0 Å². The number of nitrogens with one attached hydrogen (secondary N) is 1. The van der Waals surface area contributed by atoms with Crippen LogP contribution in [0.15, 0.2) is 23.3 Å². The van der Waals surface area contributed by atoms with Gasteiger partial charge in [-0.1, -0.05) is 0 Å². The molecule has 1 aliphatic heterocycles. The first kappa shape index (κ1) is 7.40. The lowest BCUT2D eigenvalue weighted by molar-refractivity contribution is 0.279. The molecule has 0 bridgehead atoms. The van der Waals surface area contributed by atoms with Crippen molar-refractivity contribution >= 4 is 5.90 Å². The molecule has 0 saturated carbocycles. The molecule has 0 spiro atoms. The van der Waals surface area contributed by atoms with Gasteiger partial charge >= 0.3 is 0 Å². The Hall–Kier alpha value is -1.25. The summed E-state index contributed by atoms with van der Waals surface area (Å²) in [6, 6.07) is 3.90. The normalized spacial score (nSPS) is 20.3. The molecule has 1 aromatic heterocycles. The van der Waals surface area contributed by atoms with E-state index in [2.05, 4.69) is 23.8 Å². The minimum atomic E-state index is -0.0690.